The van der Waals surface area contributed by atoms with Crippen LogP contribution >= 0.6 is 11.6 Å². The molecule has 0 atom stereocenters. The summed E-state index contributed by atoms with van der Waals surface area (Å²) in [6.07, 6.45) is 3.09. The molecule has 1 aromatic heterocycles. The van der Waals surface area contributed by atoms with Crippen LogP contribution in [-0.4, -0.2) is 16.8 Å². The fourth-order valence-corrected chi connectivity index (χ4v) is 1.13. The van der Waals surface area contributed by atoms with Gasteiger partial charge in [0.25, 0.3) is 5.56 Å². The lowest BCUT2D eigenvalue weighted by Gasteiger charge is -2.04. The first-order valence-electron chi connectivity index (χ1n) is 3.75. The van der Waals surface area contributed by atoms with Crippen molar-refractivity contribution in [2.24, 2.45) is 0 Å². The van der Waals surface area contributed by atoms with Crippen LogP contribution in [0.1, 0.15) is 0 Å². The van der Waals surface area contributed by atoms with Gasteiger partial charge in [-0.05, 0) is 0 Å². The number of allylic oxidation sites excluding steroid dienone is 1. The fourth-order valence-electron chi connectivity index (χ4n) is 0.892. The van der Waals surface area contributed by atoms with E-state index in [4.69, 9.17) is 11.6 Å². The van der Waals surface area contributed by atoms with Crippen molar-refractivity contribution in [1.82, 2.24) is 9.78 Å². The first-order valence-corrected chi connectivity index (χ1v) is 4.12. The highest BCUT2D eigenvalue weighted by atomic mass is 35.5. The Labute approximate surface area is 80.8 Å². The number of anilines is 1. The van der Waals surface area contributed by atoms with E-state index in [9.17, 15) is 4.79 Å². The second kappa shape index (κ2) is 4.09. The lowest BCUT2D eigenvalue weighted by Crippen LogP contribution is -2.23. The molecule has 70 valence electrons. The highest BCUT2D eigenvalue weighted by Gasteiger charge is 2.05. The molecule has 0 spiro atoms. The van der Waals surface area contributed by atoms with Gasteiger partial charge in [0.1, 0.15) is 5.02 Å². The third-order valence-electron chi connectivity index (χ3n) is 1.56. The molecule has 0 saturated carbocycles. The molecule has 0 saturated heterocycles. The minimum atomic E-state index is -0.312. The fraction of sp³-hybridized carbons (Fsp3) is 0.250. The van der Waals surface area contributed by atoms with E-state index in [2.05, 4.69) is 17.0 Å². The second-order valence-corrected chi connectivity index (χ2v) is 2.78. The number of hydrogen-bond donors (Lipinski definition) is 1. The topological polar surface area (TPSA) is 46.9 Å². The van der Waals surface area contributed by atoms with Gasteiger partial charge >= 0.3 is 0 Å². The van der Waals surface area contributed by atoms with Crippen LogP contribution in [0, 0.1) is 0 Å². The molecule has 1 rings (SSSR count). The van der Waals surface area contributed by atoms with Crippen LogP contribution in [0.3, 0.4) is 0 Å². The maximum Gasteiger partial charge on any atom is 0.287 e. The Morgan fingerprint density at radius 1 is 1.85 bits per heavy atom. The molecule has 13 heavy (non-hydrogen) atoms. The van der Waals surface area contributed by atoms with Crippen molar-refractivity contribution in [3.63, 3.8) is 0 Å². The molecule has 0 bridgehead atoms. The van der Waals surface area contributed by atoms with Crippen molar-refractivity contribution in [3.8, 4) is 0 Å². The molecule has 1 aromatic rings. The highest BCUT2D eigenvalue weighted by molar-refractivity contribution is 6.32. The van der Waals surface area contributed by atoms with Crippen molar-refractivity contribution in [2.75, 3.05) is 12.4 Å². The van der Waals surface area contributed by atoms with E-state index in [1.165, 1.54) is 10.9 Å². The normalized spacial score (nSPS) is 9.69. The van der Waals surface area contributed by atoms with Gasteiger partial charge in [0.2, 0.25) is 0 Å². The Bertz CT molecular complexity index is 372. The predicted molar refractivity (Wildman–Crippen MR) is 53.3 cm³/mol. The lowest BCUT2D eigenvalue weighted by atomic mass is 10.4. The summed E-state index contributed by atoms with van der Waals surface area (Å²) in [5.41, 5.74) is 0.223. The van der Waals surface area contributed by atoms with E-state index in [0.29, 0.717) is 12.2 Å². The van der Waals surface area contributed by atoms with Crippen LogP contribution in [0.2, 0.25) is 5.02 Å². The van der Waals surface area contributed by atoms with Crippen molar-refractivity contribution in [3.05, 3.63) is 34.2 Å². The van der Waals surface area contributed by atoms with Gasteiger partial charge in [0.05, 0.1) is 18.4 Å². The molecule has 0 aliphatic heterocycles. The average molecular weight is 200 g/mol. The number of nitrogens with one attached hydrogen (secondary N) is 1. The number of rotatable bonds is 3. The van der Waals surface area contributed by atoms with Crippen LogP contribution in [0.25, 0.3) is 0 Å². The summed E-state index contributed by atoms with van der Waals surface area (Å²) >= 11 is 5.76. The molecule has 5 heteroatoms. The first-order chi connectivity index (χ1) is 6.20. The van der Waals surface area contributed by atoms with Crippen LogP contribution in [-0.2, 0) is 6.54 Å². The van der Waals surface area contributed by atoms with E-state index in [1.807, 2.05) is 0 Å². The van der Waals surface area contributed by atoms with E-state index in [-0.39, 0.29) is 10.6 Å². The average Bonchev–Trinajstić information content (AvgIpc) is 2.14. The van der Waals surface area contributed by atoms with E-state index >= 15 is 0 Å². The van der Waals surface area contributed by atoms with Crippen molar-refractivity contribution in [2.45, 2.75) is 6.54 Å². The summed E-state index contributed by atoms with van der Waals surface area (Å²) in [5.74, 6) is 0. The van der Waals surface area contributed by atoms with Crippen LogP contribution in [0.4, 0.5) is 5.69 Å². The summed E-state index contributed by atoms with van der Waals surface area (Å²) in [7, 11) is 1.68. The van der Waals surface area contributed by atoms with Gasteiger partial charge in [-0.3, -0.25) is 4.79 Å². The smallest absolute Gasteiger partial charge is 0.287 e. The van der Waals surface area contributed by atoms with Crippen LogP contribution < -0.4 is 10.9 Å². The highest BCUT2D eigenvalue weighted by Crippen LogP contribution is 2.13. The Hall–Kier alpha value is -1.29. The van der Waals surface area contributed by atoms with E-state index in [1.54, 1.807) is 13.1 Å². The molecule has 0 aromatic carbocycles. The summed E-state index contributed by atoms with van der Waals surface area (Å²) in [5, 5.41) is 6.81. The van der Waals surface area contributed by atoms with Crippen LogP contribution in [0.15, 0.2) is 23.6 Å². The van der Waals surface area contributed by atoms with Gasteiger partial charge in [-0.25, -0.2) is 4.68 Å². The lowest BCUT2D eigenvalue weighted by molar-refractivity contribution is 0.653. The van der Waals surface area contributed by atoms with E-state index < -0.39 is 0 Å². The second-order valence-electron chi connectivity index (χ2n) is 2.40. The summed E-state index contributed by atoms with van der Waals surface area (Å²) in [6, 6.07) is 0. The monoisotopic (exact) mass is 199 g/mol. The predicted octanol–water partition coefficient (Wildman–Crippen LogP) is 1.12. The Balaban J connectivity index is 3.23. The molecule has 0 unspecified atom stereocenters. The van der Waals surface area contributed by atoms with Gasteiger partial charge in [0.15, 0.2) is 0 Å². The molecular weight excluding hydrogens is 190 g/mol. The minimum absolute atomic E-state index is 0.152. The van der Waals surface area contributed by atoms with Gasteiger partial charge in [-0.1, -0.05) is 17.7 Å². The maximum absolute atomic E-state index is 11.4. The first kappa shape index (κ1) is 9.80. The zero-order valence-electron chi connectivity index (χ0n) is 7.25. The van der Waals surface area contributed by atoms with Gasteiger partial charge in [0, 0.05) is 7.05 Å². The number of nitrogens with zero attached hydrogens (tertiary/aromatic N) is 2. The molecular formula is C8H10ClN3O. The van der Waals surface area contributed by atoms with Crippen molar-refractivity contribution < 1.29 is 0 Å². The van der Waals surface area contributed by atoms with Gasteiger partial charge in [-0.15, -0.1) is 6.58 Å². The maximum atomic E-state index is 11.4. The van der Waals surface area contributed by atoms with Gasteiger partial charge in [-0.2, -0.15) is 5.10 Å². The van der Waals surface area contributed by atoms with Crippen LogP contribution in [0.5, 0.6) is 0 Å². The molecule has 0 amide bonds. The largest absolute Gasteiger partial charge is 0.385 e. The number of hydrogen-bond acceptors (Lipinski definition) is 3. The van der Waals surface area contributed by atoms with Crippen molar-refractivity contribution >= 4 is 17.3 Å². The third-order valence-corrected chi connectivity index (χ3v) is 1.92. The molecule has 4 nitrogen and oxygen atoms in total. The summed E-state index contributed by atoms with van der Waals surface area (Å²) in [6.45, 7) is 3.87. The Morgan fingerprint density at radius 2 is 2.54 bits per heavy atom. The summed E-state index contributed by atoms with van der Waals surface area (Å²) in [4.78, 5) is 11.4. The molecule has 0 fully saturated rings. The Morgan fingerprint density at radius 3 is 3.08 bits per heavy atom. The zero-order chi connectivity index (χ0) is 9.84. The Kier molecular flexibility index (Phi) is 3.08. The standard InChI is InChI=1S/C8H10ClN3O/c1-3-4-12-8(13)7(9)6(10-2)5-11-12/h3,5,10H,1,4H2,2H3. The van der Waals surface area contributed by atoms with Crippen molar-refractivity contribution in [1.29, 1.82) is 0 Å². The molecule has 1 heterocycles. The molecule has 0 aliphatic carbocycles. The summed E-state index contributed by atoms with van der Waals surface area (Å²) < 4.78 is 1.25. The van der Waals surface area contributed by atoms with Gasteiger partial charge < -0.3 is 5.32 Å². The quantitative estimate of drug-likeness (QED) is 0.743. The zero-order valence-corrected chi connectivity index (χ0v) is 8.01. The molecule has 0 radical (unpaired) electrons. The number of halogens is 1. The number of aromatic nitrogens is 2. The molecule has 1 N–H and O–H groups in total. The molecule has 0 aliphatic rings. The SMILES string of the molecule is C=CCn1ncc(NC)c(Cl)c1=O. The minimum Gasteiger partial charge on any atom is -0.385 e. The third kappa shape index (κ3) is 1.89. The van der Waals surface area contributed by atoms with E-state index in [0.717, 1.165) is 0 Å².